The predicted molar refractivity (Wildman–Crippen MR) is 95.6 cm³/mol. The third-order valence-electron chi connectivity index (χ3n) is 3.98. The Morgan fingerprint density at radius 3 is 2.68 bits per heavy atom. The number of hydrogen-bond donors (Lipinski definition) is 0. The molecule has 3 nitrogen and oxygen atoms in total. The van der Waals surface area contributed by atoms with Gasteiger partial charge in [0.1, 0.15) is 5.82 Å². The minimum atomic E-state index is -0.488. The van der Waals surface area contributed by atoms with Crippen molar-refractivity contribution in [3.05, 3.63) is 52.9 Å². The molecule has 25 heavy (non-hydrogen) atoms. The van der Waals surface area contributed by atoms with Crippen LogP contribution in [0.25, 0.3) is 11.3 Å². The van der Waals surface area contributed by atoms with Gasteiger partial charge in [0.05, 0.1) is 23.9 Å². The highest BCUT2D eigenvalue weighted by Crippen LogP contribution is 2.23. The molecule has 2 aromatic rings. The summed E-state index contributed by atoms with van der Waals surface area (Å²) in [6.07, 6.45) is 3.40. The number of rotatable bonds is 3. The van der Waals surface area contributed by atoms with Crippen molar-refractivity contribution in [3.63, 3.8) is 0 Å². The Balaban J connectivity index is 1.63. The van der Waals surface area contributed by atoms with Gasteiger partial charge in [-0.15, -0.1) is 0 Å². The number of nitrogens with zero attached hydrogens (tertiary/aromatic N) is 1. The molecule has 0 saturated carbocycles. The highest BCUT2D eigenvalue weighted by atomic mass is 35.5. The molecular formula is C20H19ClFNO2. The Bertz CT molecular complexity index is 775. The fourth-order valence-corrected chi connectivity index (χ4v) is 2.76. The van der Waals surface area contributed by atoms with Gasteiger partial charge in [0.15, 0.2) is 0 Å². The molecule has 1 fully saturated rings. The average Bonchev–Trinajstić information content (AvgIpc) is 2.64. The molecular weight excluding hydrogens is 341 g/mol. The lowest BCUT2D eigenvalue weighted by atomic mass is 10.1. The quantitative estimate of drug-likeness (QED) is 0.745. The summed E-state index contributed by atoms with van der Waals surface area (Å²) in [4.78, 5) is 4.33. The first-order chi connectivity index (χ1) is 12.2. The summed E-state index contributed by atoms with van der Waals surface area (Å²) in [6.45, 7) is 3.53. The van der Waals surface area contributed by atoms with E-state index >= 15 is 0 Å². The maximum absolute atomic E-state index is 13.5. The van der Waals surface area contributed by atoms with Gasteiger partial charge in [0.25, 0.3) is 0 Å². The van der Waals surface area contributed by atoms with Crippen molar-refractivity contribution in [1.29, 1.82) is 0 Å². The number of halogens is 2. The van der Waals surface area contributed by atoms with Crippen molar-refractivity contribution in [1.82, 2.24) is 4.98 Å². The molecule has 130 valence electrons. The predicted octanol–water partition coefficient (Wildman–Crippen LogP) is 4.68. The molecule has 1 aromatic carbocycles. The van der Waals surface area contributed by atoms with Crippen LogP contribution >= 0.6 is 11.6 Å². The summed E-state index contributed by atoms with van der Waals surface area (Å²) in [6, 6.07) is 8.25. The molecule has 0 radical (unpaired) electrons. The smallest absolute Gasteiger partial charge is 0.222 e. The van der Waals surface area contributed by atoms with E-state index in [0.717, 1.165) is 18.4 Å². The Morgan fingerprint density at radius 2 is 2.04 bits per heavy atom. The number of ether oxygens (including phenoxy) is 2. The largest absolute Gasteiger partial charge is 0.342 e. The monoisotopic (exact) mass is 359 g/mol. The van der Waals surface area contributed by atoms with Gasteiger partial charge in [-0.05, 0) is 36.6 Å². The van der Waals surface area contributed by atoms with Gasteiger partial charge < -0.3 is 9.47 Å². The fraction of sp³-hybridized carbons (Fsp3) is 0.350. The van der Waals surface area contributed by atoms with Crippen LogP contribution in [0, 0.1) is 23.6 Å². The van der Waals surface area contributed by atoms with Crippen LogP contribution in [0.15, 0.2) is 36.5 Å². The summed E-state index contributed by atoms with van der Waals surface area (Å²) in [5.41, 5.74) is 2.08. The van der Waals surface area contributed by atoms with E-state index in [1.165, 1.54) is 12.1 Å². The highest BCUT2D eigenvalue weighted by Gasteiger charge is 2.19. The number of pyridine rings is 1. The van der Waals surface area contributed by atoms with Gasteiger partial charge >= 0.3 is 0 Å². The molecule has 1 aliphatic heterocycles. The van der Waals surface area contributed by atoms with Gasteiger partial charge in [0.2, 0.25) is 6.29 Å². The van der Waals surface area contributed by atoms with Crippen LogP contribution in [0.1, 0.15) is 25.3 Å². The van der Waals surface area contributed by atoms with Gasteiger partial charge in [-0.1, -0.05) is 36.9 Å². The Labute approximate surface area is 152 Å². The lowest BCUT2D eigenvalue weighted by molar-refractivity contribution is -0.170. The molecule has 0 bridgehead atoms. The molecule has 5 heteroatoms. The van der Waals surface area contributed by atoms with E-state index in [2.05, 4.69) is 23.7 Å². The Morgan fingerprint density at radius 1 is 1.24 bits per heavy atom. The molecule has 1 aliphatic rings. The molecule has 1 saturated heterocycles. The molecule has 0 amide bonds. The second-order valence-corrected chi connectivity index (χ2v) is 6.39. The second-order valence-electron chi connectivity index (χ2n) is 5.98. The maximum Gasteiger partial charge on any atom is 0.222 e. The zero-order valence-corrected chi connectivity index (χ0v) is 14.7. The third kappa shape index (κ3) is 4.79. The summed E-state index contributed by atoms with van der Waals surface area (Å²) >= 11 is 5.70. The van der Waals surface area contributed by atoms with Crippen molar-refractivity contribution in [2.24, 2.45) is 5.92 Å². The second kappa shape index (κ2) is 8.44. The van der Waals surface area contributed by atoms with E-state index in [0.29, 0.717) is 30.4 Å². The zero-order valence-electron chi connectivity index (χ0n) is 14.0. The van der Waals surface area contributed by atoms with Gasteiger partial charge in [-0.2, -0.15) is 0 Å². The normalized spacial score (nSPS) is 20.0. The molecule has 0 aliphatic carbocycles. The van der Waals surface area contributed by atoms with Crippen molar-refractivity contribution >= 4 is 11.6 Å². The van der Waals surface area contributed by atoms with Gasteiger partial charge in [-0.3, -0.25) is 4.98 Å². The first-order valence-electron chi connectivity index (χ1n) is 8.32. The minimum absolute atomic E-state index is 0.0971. The van der Waals surface area contributed by atoms with Crippen molar-refractivity contribution in [3.8, 4) is 23.1 Å². The van der Waals surface area contributed by atoms with Crippen LogP contribution in [0.4, 0.5) is 4.39 Å². The molecule has 3 rings (SSSR count). The maximum atomic E-state index is 13.5. The Kier molecular flexibility index (Phi) is 6.04. The minimum Gasteiger partial charge on any atom is -0.342 e. The van der Waals surface area contributed by atoms with Crippen molar-refractivity contribution in [2.75, 3.05) is 13.2 Å². The fourth-order valence-electron chi connectivity index (χ4n) is 2.64. The number of hydrogen-bond acceptors (Lipinski definition) is 3. The van der Waals surface area contributed by atoms with E-state index in [4.69, 9.17) is 21.1 Å². The summed E-state index contributed by atoms with van der Waals surface area (Å²) in [7, 11) is 0. The lowest BCUT2D eigenvalue weighted by Gasteiger charge is -2.26. The standard InChI is InChI=1S/C20H19ClFNO2/c1-2-3-15-12-24-20(25-13-15)9-5-14-4-8-19(23-11-14)16-6-7-17(21)18(22)10-16/h4,6-8,10-11,15,20H,2-3,12-13H2,1H3/t15-,20-. The van der Waals surface area contributed by atoms with E-state index in [1.807, 2.05) is 6.07 Å². The summed E-state index contributed by atoms with van der Waals surface area (Å²) < 4.78 is 24.8. The number of benzene rings is 1. The first-order valence-corrected chi connectivity index (χ1v) is 8.69. The summed E-state index contributed by atoms with van der Waals surface area (Å²) in [5, 5.41) is 0.0971. The van der Waals surface area contributed by atoms with Crippen LogP contribution in [0.5, 0.6) is 0 Å². The van der Waals surface area contributed by atoms with Crippen LogP contribution in [-0.4, -0.2) is 24.5 Å². The molecule has 2 heterocycles. The van der Waals surface area contributed by atoms with E-state index in [9.17, 15) is 4.39 Å². The van der Waals surface area contributed by atoms with Crippen LogP contribution < -0.4 is 0 Å². The third-order valence-corrected chi connectivity index (χ3v) is 4.28. The molecule has 0 spiro atoms. The molecule has 1 aromatic heterocycles. The van der Waals surface area contributed by atoms with Crippen molar-refractivity contribution < 1.29 is 13.9 Å². The number of aromatic nitrogens is 1. The lowest BCUT2D eigenvalue weighted by Crippen LogP contribution is -2.31. The molecule has 0 unspecified atom stereocenters. The van der Waals surface area contributed by atoms with Crippen LogP contribution in [-0.2, 0) is 9.47 Å². The first kappa shape index (κ1) is 17.9. The van der Waals surface area contributed by atoms with Gasteiger partial charge in [0, 0.05) is 23.2 Å². The van der Waals surface area contributed by atoms with Gasteiger partial charge in [-0.25, -0.2) is 4.39 Å². The van der Waals surface area contributed by atoms with E-state index in [1.54, 1.807) is 18.3 Å². The molecule has 0 atom stereocenters. The zero-order chi connectivity index (χ0) is 17.6. The summed E-state index contributed by atoms with van der Waals surface area (Å²) in [5.74, 6) is 5.97. The van der Waals surface area contributed by atoms with E-state index in [-0.39, 0.29) is 5.02 Å². The van der Waals surface area contributed by atoms with E-state index < -0.39 is 12.1 Å². The van der Waals surface area contributed by atoms with Crippen molar-refractivity contribution in [2.45, 2.75) is 26.1 Å². The van der Waals surface area contributed by atoms with Crippen LogP contribution in [0.2, 0.25) is 5.02 Å². The molecule has 0 N–H and O–H groups in total. The highest BCUT2D eigenvalue weighted by molar-refractivity contribution is 6.30. The topological polar surface area (TPSA) is 31.4 Å². The average molecular weight is 360 g/mol. The SMILES string of the molecule is CCC[C@H]1CO[C@H](C#Cc2ccc(-c3ccc(Cl)c(F)c3)nc2)OC1. The Hall–Kier alpha value is -1.93. The van der Waals surface area contributed by atoms with Crippen LogP contribution in [0.3, 0.4) is 0 Å².